The maximum Gasteiger partial charge on any atom is 0.308 e. The molecule has 0 atom stereocenters. The van der Waals surface area contributed by atoms with E-state index < -0.39 is 16.0 Å². The highest BCUT2D eigenvalue weighted by molar-refractivity contribution is 7.91. The van der Waals surface area contributed by atoms with Crippen LogP contribution in [0.5, 0.6) is 0 Å². The van der Waals surface area contributed by atoms with Gasteiger partial charge in [0.1, 0.15) is 4.21 Å². The van der Waals surface area contributed by atoms with E-state index in [0.717, 1.165) is 16.9 Å². The summed E-state index contributed by atoms with van der Waals surface area (Å²) in [7, 11) is -3.60. The second-order valence-electron chi connectivity index (χ2n) is 4.10. The Labute approximate surface area is 120 Å². The highest BCUT2D eigenvalue weighted by Gasteiger charge is 2.17. The Morgan fingerprint density at radius 3 is 2.50 bits per heavy atom. The Morgan fingerprint density at radius 2 is 1.85 bits per heavy atom. The van der Waals surface area contributed by atoms with E-state index in [1.807, 2.05) is 30.3 Å². The van der Waals surface area contributed by atoms with Crippen LogP contribution in [0.25, 0.3) is 0 Å². The summed E-state index contributed by atoms with van der Waals surface area (Å²) in [5.74, 6) is -0.979. The monoisotopic (exact) mass is 311 g/mol. The predicted octanol–water partition coefficient (Wildman–Crippen LogP) is 1.85. The van der Waals surface area contributed by atoms with Gasteiger partial charge in [-0.2, -0.15) is 0 Å². The quantitative estimate of drug-likeness (QED) is 0.853. The van der Waals surface area contributed by atoms with Gasteiger partial charge in [-0.15, -0.1) is 11.3 Å². The summed E-state index contributed by atoms with van der Waals surface area (Å²) in [5.41, 5.74) is 0.860. The van der Waals surface area contributed by atoms with Crippen molar-refractivity contribution in [1.29, 1.82) is 0 Å². The number of hydrogen-bond acceptors (Lipinski definition) is 4. The van der Waals surface area contributed by atoms with Gasteiger partial charge in [0.15, 0.2) is 0 Å². The third-order valence-electron chi connectivity index (χ3n) is 2.54. The van der Waals surface area contributed by atoms with Gasteiger partial charge in [0, 0.05) is 11.4 Å². The molecule has 0 aliphatic carbocycles. The lowest BCUT2D eigenvalue weighted by atomic mass is 10.2. The van der Waals surface area contributed by atoms with E-state index >= 15 is 0 Å². The maximum absolute atomic E-state index is 12.1. The molecule has 0 aliphatic heterocycles. The van der Waals surface area contributed by atoms with Crippen LogP contribution in [0.2, 0.25) is 0 Å². The fourth-order valence-electron chi connectivity index (χ4n) is 1.59. The molecule has 7 heteroatoms. The van der Waals surface area contributed by atoms with Crippen LogP contribution in [0.15, 0.2) is 46.7 Å². The molecule has 2 rings (SSSR count). The van der Waals surface area contributed by atoms with Crippen molar-refractivity contribution in [3.63, 3.8) is 0 Å². The summed E-state index contributed by atoms with van der Waals surface area (Å²) >= 11 is 0.972. The van der Waals surface area contributed by atoms with Crippen LogP contribution in [-0.4, -0.2) is 19.5 Å². The number of thiophene rings is 1. The zero-order chi connectivity index (χ0) is 14.6. The first-order valence-corrected chi connectivity index (χ1v) is 8.11. The van der Waals surface area contributed by atoms with E-state index in [-0.39, 0.29) is 17.2 Å². The lowest BCUT2D eigenvalue weighted by Gasteiger charge is -2.04. The zero-order valence-corrected chi connectivity index (χ0v) is 12.1. The minimum atomic E-state index is -3.60. The van der Waals surface area contributed by atoms with Gasteiger partial charge in [0.05, 0.1) is 6.42 Å². The zero-order valence-electron chi connectivity index (χ0n) is 10.4. The van der Waals surface area contributed by atoms with E-state index in [2.05, 4.69) is 4.72 Å². The molecule has 106 valence electrons. The Bertz CT molecular complexity index is 692. The predicted molar refractivity (Wildman–Crippen MR) is 76.1 cm³/mol. The van der Waals surface area contributed by atoms with Crippen LogP contribution in [0.4, 0.5) is 0 Å². The summed E-state index contributed by atoms with van der Waals surface area (Å²) in [5, 5.41) is 8.67. The summed E-state index contributed by atoms with van der Waals surface area (Å²) in [6.45, 7) is 0.204. The van der Waals surface area contributed by atoms with E-state index in [0.29, 0.717) is 4.88 Å². The average molecular weight is 311 g/mol. The van der Waals surface area contributed by atoms with Crippen LogP contribution in [-0.2, 0) is 27.8 Å². The number of carbonyl (C=O) groups is 1. The van der Waals surface area contributed by atoms with Crippen LogP contribution in [0, 0.1) is 0 Å². The molecule has 0 radical (unpaired) electrons. The molecule has 2 N–H and O–H groups in total. The van der Waals surface area contributed by atoms with Crippen molar-refractivity contribution < 1.29 is 18.3 Å². The van der Waals surface area contributed by atoms with Gasteiger partial charge >= 0.3 is 5.97 Å². The topological polar surface area (TPSA) is 83.5 Å². The maximum atomic E-state index is 12.1. The van der Waals surface area contributed by atoms with Gasteiger partial charge in [0.25, 0.3) is 0 Å². The molecule has 0 fully saturated rings. The number of rotatable bonds is 6. The minimum absolute atomic E-state index is 0.129. The number of nitrogens with one attached hydrogen (secondary N) is 1. The molecule has 0 saturated carbocycles. The highest BCUT2D eigenvalue weighted by Crippen LogP contribution is 2.22. The fourth-order valence-corrected chi connectivity index (χ4v) is 4.00. The standard InChI is InChI=1S/C13H13NO4S2/c15-12(16)8-11-6-7-13(19-11)20(17,18)14-9-10-4-2-1-3-5-10/h1-7,14H,8-9H2,(H,15,16). The molecule has 0 bridgehead atoms. The third kappa shape index (κ3) is 3.89. The SMILES string of the molecule is O=C(O)Cc1ccc(S(=O)(=O)NCc2ccccc2)s1. The normalized spacial score (nSPS) is 11.4. The first kappa shape index (κ1) is 14.7. The average Bonchev–Trinajstić information content (AvgIpc) is 2.86. The van der Waals surface area contributed by atoms with Gasteiger partial charge in [-0.05, 0) is 17.7 Å². The van der Waals surface area contributed by atoms with Crippen LogP contribution in [0.1, 0.15) is 10.4 Å². The fraction of sp³-hybridized carbons (Fsp3) is 0.154. The van der Waals surface area contributed by atoms with Crippen molar-refractivity contribution in [2.75, 3.05) is 0 Å². The van der Waals surface area contributed by atoms with Crippen molar-refractivity contribution in [3.05, 3.63) is 52.9 Å². The van der Waals surface area contributed by atoms with Crippen LogP contribution < -0.4 is 4.72 Å². The molecule has 20 heavy (non-hydrogen) atoms. The molecular weight excluding hydrogens is 298 g/mol. The molecule has 1 aromatic carbocycles. The summed E-state index contributed by atoms with van der Waals surface area (Å²) in [4.78, 5) is 11.1. The van der Waals surface area contributed by atoms with Crippen LogP contribution >= 0.6 is 11.3 Å². The van der Waals surface area contributed by atoms with Crippen molar-refractivity contribution in [3.8, 4) is 0 Å². The van der Waals surface area contributed by atoms with Crippen molar-refractivity contribution in [1.82, 2.24) is 4.72 Å². The molecule has 0 saturated heterocycles. The Morgan fingerprint density at radius 1 is 1.15 bits per heavy atom. The molecule has 0 spiro atoms. The van der Waals surface area contributed by atoms with Crippen molar-refractivity contribution >= 4 is 27.3 Å². The lowest BCUT2D eigenvalue weighted by Crippen LogP contribution is -2.22. The van der Waals surface area contributed by atoms with E-state index in [4.69, 9.17) is 5.11 Å². The van der Waals surface area contributed by atoms with E-state index in [1.54, 1.807) is 0 Å². The van der Waals surface area contributed by atoms with E-state index in [9.17, 15) is 13.2 Å². The molecule has 0 unspecified atom stereocenters. The summed E-state index contributed by atoms with van der Waals surface area (Å²) < 4.78 is 26.7. The second kappa shape index (κ2) is 6.17. The lowest BCUT2D eigenvalue weighted by molar-refractivity contribution is -0.136. The minimum Gasteiger partial charge on any atom is -0.481 e. The van der Waals surface area contributed by atoms with Gasteiger partial charge in [-0.25, -0.2) is 13.1 Å². The number of sulfonamides is 1. The molecule has 5 nitrogen and oxygen atoms in total. The second-order valence-corrected chi connectivity index (χ2v) is 7.26. The first-order valence-electron chi connectivity index (χ1n) is 5.81. The Hall–Kier alpha value is -1.70. The largest absolute Gasteiger partial charge is 0.481 e. The van der Waals surface area contributed by atoms with Gasteiger partial charge in [-0.1, -0.05) is 30.3 Å². The summed E-state index contributed by atoms with van der Waals surface area (Å²) in [6.07, 6.45) is -0.168. The summed E-state index contributed by atoms with van der Waals surface area (Å²) in [6, 6.07) is 12.1. The molecule has 1 aromatic heterocycles. The van der Waals surface area contributed by atoms with Crippen molar-refractivity contribution in [2.45, 2.75) is 17.2 Å². The molecule has 0 aliphatic rings. The Kier molecular flexibility index (Phi) is 4.53. The van der Waals surface area contributed by atoms with Crippen molar-refractivity contribution in [2.24, 2.45) is 0 Å². The molecule has 2 aromatic rings. The highest BCUT2D eigenvalue weighted by atomic mass is 32.2. The Balaban J connectivity index is 2.06. The molecule has 1 heterocycles. The van der Waals surface area contributed by atoms with Gasteiger partial charge < -0.3 is 5.11 Å². The number of hydrogen-bond donors (Lipinski definition) is 2. The van der Waals surface area contributed by atoms with Crippen LogP contribution in [0.3, 0.4) is 0 Å². The van der Waals surface area contributed by atoms with E-state index in [1.165, 1.54) is 12.1 Å². The molecule has 0 amide bonds. The number of carboxylic acids is 1. The number of benzene rings is 1. The first-order chi connectivity index (χ1) is 9.47. The number of aliphatic carboxylic acids is 1. The number of carboxylic acid groups (broad SMARTS) is 1. The molecular formula is C13H13NO4S2. The smallest absolute Gasteiger partial charge is 0.308 e. The van der Waals surface area contributed by atoms with Gasteiger partial charge in [-0.3, -0.25) is 4.79 Å². The third-order valence-corrected chi connectivity index (χ3v) is 5.51. The van der Waals surface area contributed by atoms with Gasteiger partial charge in [0.2, 0.25) is 10.0 Å².